The number of aryl methyl sites for hydroxylation is 1. The molecule has 3 rings (SSSR count). The molecule has 0 unspecified atom stereocenters. The molecule has 0 aliphatic heterocycles. The number of pyridine rings is 2. The minimum atomic E-state index is -0.666. The fourth-order valence-corrected chi connectivity index (χ4v) is 3.13. The van der Waals surface area contributed by atoms with Gasteiger partial charge in [-0.3, -0.25) is 0 Å². The second kappa shape index (κ2) is 8.82. The molecule has 1 aromatic carbocycles. The molecule has 0 saturated heterocycles. The van der Waals surface area contributed by atoms with Crippen molar-refractivity contribution in [2.45, 2.75) is 11.9 Å². The number of aliphatic imine (C=N–C) groups is 1. The Labute approximate surface area is 173 Å². The molecule has 28 heavy (non-hydrogen) atoms. The van der Waals surface area contributed by atoms with Crippen LogP contribution in [0.5, 0.6) is 11.5 Å². The Hall–Kier alpha value is -2.96. The van der Waals surface area contributed by atoms with Crippen molar-refractivity contribution in [3.05, 3.63) is 70.2 Å². The van der Waals surface area contributed by atoms with Crippen LogP contribution < -0.4 is 10.5 Å². The second-order valence-corrected chi connectivity index (χ2v) is 7.44. The normalized spacial score (nSPS) is 11.1. The summed E-state index contributed by atoms with van der Waals surface area (Å²) in [5.41, 5.74) is 7.19. The summed E-state index contributed by atoms with van der Waals surface area (Å²) in [5.74, 6) is -0.327. The molecule has 0 atom stereocenters. The largest absolute Gasteiger partial charge is 0.450 e. The van der Waals surface area contributed by atoms with E-state index < -0.39 is 5.82 Å². The average molecular weight is 458 g/mol. The minimum absolute atomic E-state index is 0.0536. The van der Waals surface area contributed by atoms with Gasteiger partial charge in [0.25, 0.3) is 0 Å². The van der Waals surface area contributed by atoms with E-state index in [1.807, 2.05) is 25.1 Å². The molecule has 2 aromatic heterocycles. The van der Waals surface area contributed by atoms with Gasteiger partial charge in [-0.25, -0.2) is 19.4 Å². The number of amidine groups is 1. The highest BCUT2D eigenvalue weighted by atomic mass is 79.9. The van der Waals surface area contributed by atoms with Gasteiger partial charge < -0.3 is 10.5 Å². The maximum Gasteiger partial charge on any atom is 0.198 e. The first-order valence-corrected chi connectivity index (χ1v) is 9.54. The molecule has 3 aromatic rings. The van der Waals surface area contributed by atoms with Crippen LogP contribution in [0.25, 0.3) is 0 Å². The fraction of sp³-hybridized carbons (Fsp3) is 0.0526. The summed E-state index contributed by atoms with van der Waals surface area (Å²) < 4.78 is 20.4. The molecule has 0 bridgehead atoms. The minimum Gasteiger partial charge on any atom is -0.450 e. The van der Waals surface area contributed by atoms with Crippen molar-refractivity contribution in [3.8, 4) is 17.6 Å². The highest BCUT2D eigenvalue weighted by molar-refractivity contribution is 9.10. The summed E-state index contributed by atoms with van der Waals surface area (Å²) in [7, 11) is 0. The number of rotatable bonds is 4. The summed E-state index contributed by atoms with van der Waals surface area (Å²) in [5, 5.41) is 9.78. The zero-order valence-corrected chi connectivity index (χ0v) is 17.0. The van der Waals surface area contributed by atoms with Crippen LogP contribution >= 0.6 is 27.7 Å². The molecule has 2 N–H and O–H groups in total. The molecule has 0 saturated carbocycles. The fourth-order valence-electron chi connectivity index (χ4n) is 2.15. The Kier molecular flexibility index (Phi) is 6.23. The van der Waals surface area contributed by atoms with Crippen LogP contribution in [0.15, 0.2) is 63.3 Å². The molecule has 140 valence electrons. The van der Waals surface area contributed by atoms with Gasteiger partial charge in [-0.1, -0.05) is 6.07 Å². The zero-order valence-electron chi connectivity index (χ0n) is 14.6. The SMILES string of the molecule is Cc1cccnc1S/C(N)=N\c1ncc(Br)cc1Oc1ccc(C#N)cc1F. The molecule has 0 amide bonds. The summed E-state index contributed by atoms with van der Waals surface area (Å²) in [6.45, 7) is 1.92. The third-order valence-corrected chi connectivity index (χ3v) is 4.81. The lowest BCUT2D eigenvalue weighted by Gasteiger charge is -2.10. The number of hydrogen-bond acceptors (Lipinski definition) is 6. The van der Waals surface area contributed by atoms with Crippen LogP contribution in [-0.2, 0) is 0 Å². The van der Waals surface area contributed by atoms with Crippen LogP contribution in [-0.4, -0.2) is 15.1 Å². The van der Waals surface area contributed by atoms with Crippen molar-refractivity contribution in [2.75, 3.05) is 0 Å². The Morgan fingerprint density at radius 2 is 2.11 bits per heavy atom. The van der Waals surface area contributed by atoms with Crippen molar-refractivity contribution in [1.82, 2.24) is 9.97 Å². The number of ether oxygens (including phenoxy) is 1. The first-order chi connectivity index (χ1) is 13.5. The standard InChI is InChI=1S/C19H13BrFN5OS/c1-11-3-2-6-24-18(11)28-19(23)26-17-16(8-13(20)10-25-17)27-15-5-4-12(9-22)7-14(15)21/h2-8,10H,1H3,(H2,23,25,26). The molecule has 0 aliphatic carbocycles. The first kappa shape index (κ1) is 19.8. The molecule has 0 aliphatic rings. The van der Waals surface area contributed by atoms with Crippen molar-refractivity contribution in [1.29, 1.82) is 5.26 Å². The van der Waals surface area contributed by atoms with E-state index in [0.717, 1.165) is 16.7 Å². The van der Waals surface area contributed by atoms with E-state index in [1.54, 1.807) is 12.3 Å². The zero-order chi connectivity index (χ0) is 20.1. The van der Waals surface area contributed by atoms with Gasteiger partial charge in [0.15, 0.2) is 28.3 Å². The predicted molar refractivity (Wildman–Crippen MR) is 109 cm³/mol. The molecular weight excluding hydrogens is 445 g/mol. The van der Waals surface area contributed by atoms with E-state index in [2.05, 4.69) is 30.9 Å². The number of benzene rings is 1. The summed E-state index contributed by atoms with van der Waals surface area (Å²) in [6, 6.07) is 11.2. The van der Waals surface area contributed by atoms with Gasteiger partial charge in [0.2, 0.25) is 0 Å². The van der Waals surface area contributed by atoms with Crippen LogP contribution in [0.1, 0.15) is 11.1 Å². The molecule has 9 heteroatoms. The number of thioether (sulfide) groups is 1. The van der Waals surface area contributed by atoms with Crippen molar-refractivity contribution in [2.24, 2.45) is 10.7 Å². The maximum atomic E-state index is 14.2. The Morgan fingerprint density at radius 1 is 1.29 bits per heavy atom. The number of halogens is 2. The van der Waals surface area contributed by atoms with Crippen LogP contribution in [0, 0.1) is 24.1 Å². The number of nitrogens with zero attached hydrogens (tertiary/aromatic N) is 4. The monoisotopic (exact) mass is 457 g/mol. The number of nitriles is 1. The van der Waals surface area contributed by atoms with Gasteiger partial charge in [-0.2, -0.15) is 5.26 Å². The molecule has 0 radical (unpaired) electrons. The van der Waals surface area contributed by atoms with E-state index in [9.17, 15) is 4.39 Å². The third kappa shape index (κ3) is 4.85. The molecular formula is C19H13BrFN5OS. The van der Waals surface area contributed by atoms with E-state index in [4.69, 9.17) is 15.7 Å². The quantitative estimate of drug-likeness (QED) is 0.332. The van der Waals surface area contributed by atoms with Gasteiger partial charge in [0, 0.05) is 22.9 Å². The topological polar surface area (TPSA) is 97.2 Å². The summed E-state index contributed by atoms with van der Waals surface area (Å²) in [4.78, 5) is 12.7. The summed E-state index contributed by atoms with van der Waals surface area (Å²) >= 11 is 4.50. The highest BCUT2D eigenvalue weighted by Gasteiger charge is 2.13. The molecule has 0 fully saturated rings. The summed E-state index contributed by atoms with van der Waals surface area (Å²) in [6.07, 6.45) is 3.20. The lowest BCUT2D eigenvalue weighted by molar-refractivity contribution is 0.441. The smallest absolute Gasteiger partial charge is 0.198 e. The van der Waals surface area contributed by atoms with Gasteiger partial charge in [0.1, 0.15) is 5.03 Å². The number of hydrogen-bond donors (Lipinski definition) is 1. The number of nitrogens with two attached hydrogens (primary N) is 1. The Balaban J connectivity index is 1.90. The van der Waals surface area contributed by atoms with E-state index in [0.29, 0.717) is 4.47 Å². The van der Waals surface area contributed by atoms with Crippen LogP contribution in [0.4, 0.5) is 10.2 Å². The van der Waals surface area contributed by atoms with Crippen molar-refractivity contribution in [3.63, 3.8) is 0 Å². The third-order valence-electron chi connectivity index (χ3n) is 3.46. The second-order valence-electron chi connectivity index (χ2n) is 5.51. The van der Waals surface area contributed by atoms with E-state index in [-0.39, 0.29) is 28.0 Å². The molecule has 2 heterocycles. The maximum absolute atomic E-state index is 14.2. The highest BCUT2D eigenvalue weighted by Crippen LogP contribution is 2.34. The molecule has 0 spiro atoms. The lowest BCUT2D eigenvalue weighted by Crippen LogP contribution is -2.07. The van der Waals surface area contributed by atoms with E-state index >= 15 is 0 Å². The van der Waals surface area contributed by atoms with Crippen molar-refractivity contribution < 1.29 is 9.13 Å². The predicted octanol–water partition coefficient (Wildman–Crippen LogP) is 5.09. The van der Waals surface area contributed by atoms with Gasteiger partial charge >= 0.3 is 0 Å². The van der Waals surface area contributed by atoms with Crippen LogP contribution in [0.2, 0.25) is 0 Å². The van der Waals surface area contributed by atoms with Gasteiger partial charge in [0.05, 0.1) is 11.6 Å². The van der Waals surface area contributed by atoms with Crippen LogP contribution in [0.3, 0.4) is 0 Å². The lowest BCUT2D eigenvalue weighted by atomic mass is 10.2. The van der Waals surface area contributed by atoms with Gasteiger partial charge in [-0.15, -0.1) is 0 Å². The Morgan fingerprint density at radius 3 is 2.82 bits per heavy atom. The van der Waals surface area contributed by atoms with E-state index in [1.165, 1.54) is 30.1 Å². The average Bonchev–Trinajstić information content (AvgIpc) is 2.67. The number of aromatic nitrogens is 2. The van der Waals surface area contributed by atoms with Crippen molar-refractivity contribution >= 4 is 38.7 Å². The Bertz CT molecular complexity index is 1100. The molecule has 6 nitrogen and oxygen atoms in total. The first-order valence-electron chi connectivity index (χ1n) is 7.93. The van der Waals surface area contributed by atoms with Gasteiger partial charge in [-0.05, 0) is 64.4 Å².